The fourth-order valence-corrected chi connectivity index (χ4v) is 0.774. The lowest BCUT2D eigenvalue weighted by atomic mass is 10.4. The van der Waals surface area contributed by atoms with E-state index in [9.17, 15) is 0 Å². The Bertz CT molecular complexity index is 165. The van der Waals surface area contributed by atoms with Crippen molar-refractivity contribution in [1.82, 2.24) is 0 Å². The topological polar surface area (TPSA) is 34.1 Å². The molecule has 0 rings (SSSR count). The second kappa shape index (κ2) is 11.6. The third-order valence-corrected chi connectivity index (χ3v) is 1.25. The molecule has 0 fully saturated rings. The molecule has 78 valence electrons. The highest BCUT2D eigenvalue weighted by atomic mass is 35.5. The van der Waals surface area contributed by atoms with Crippen molar-refractivity contribution in [1.29, 1.82) is 0 Å². The van der Waals surface area contributed by atoms with E-state index in [-0.39, 0.29) is 12.4 Å². The predicted octanol–water partition coefficient (Wildman–Crippen LogP) is 1.19. The largest absolute Gasteiger partial charge is 0.335 e. The van der Waals surface area contributed by atoms with E-state index < -0.39 is 11.6 Å². The summed E-state index contributed by atoms with van der Waals surface area (Å²) in [4.78, 5) is 0. The predicted molar refractivity (Wildman–Crippen MR) is 58.4 cm³/mol. The summed E-state index contributed by atoms with van der Waals surface area (Å²) in [5, 5.41) is 0. The zero-order valence-corrected chi connectivity index (χ0v) is 9.70. The first-order chi connectivity index (χ1) is 5.54. The van der Waals surface area contributed by atoms with Gasteiger partial charge in [-0.2, -0.15) is 8.42 Å². The third-order valence-electron chi connectivity index (χ3n) is 1.25. The Balaban J connectivity index is -0.000000220. The monoisotopic (exact) mass is 226 g/mol. The van der Waals surface area contributed by atoms with E-state index in [1.807, 2.05) is 12.2 Å². The smallest absolute Gasteiger partial charge is 0.322 e. The van der Waals surface area contributed by atoms with Crippen molar-refractivity contribution in [2.45, 2.75) is 0 Å². The standard InChI is InChI=1S/C8H16N.ClH.O2S/c1-5-7-9(3,4)8-6-2;;1-3-2/h5-6H,1-2,7-8H2,3-4H3;1H;/q+1;;. The molecule has 13 heavy (non-hydrogen) atoms. The van der Waals surface area contributed by atoms with Crippen LogP contribution in [0, 0.1) is 0 Å². The van der Waals surface area contributed by atoms with Crippen molar-refractivity contribution in [3.05, 3.63) is 25.3 Å². The highest BCUT2D eigenvalue weighted by Crippen LogP contribution is 1.95. The molecule has 0 bridgehead atoms. The second-order valence-electron chi connectivity index (χ2n) is 2.95. The number of rotatable bonds is 4. The highest BCUT2D eigenvalue weighted by molar-refractivity contribution is 7.51. The number of halogens is 1. The van der Waals surface area contributed by atoms with Crippen molar-refractivity contribution in [3.8, 4) is 0 Å². The molecule has 0 heterocycles. The van der Waals surface area contributed by atoms with Gasteiger partial charge < -0.3 is 4.48 Å². The summed E-state index contributed by atoms with van der Waals surface area (Å²) in [6.07, 6.45) is 3.87. The molecule has 0 amide bonds. The Morgan fingerprint density at radius 2 is 1.38 bits per heavy atom. The Morgan fingerprint density at radius 1 is 1.15 bits per heavy atom. The molecule has 0 spiro atoms. The van der Waals surface area contributed by atoms with Crippen LogP contribution in [0.25, 0.3) is 0 Å². The number of hydrogen-bond donors (Lipinski definition) is 0. The second-order valence-corrected chi connectivity index (χ2v) is 3.08. The van der Waals surface area contributed by atoms with Gasteiger partial charge in [0.15, 0.2) is 0 Å². The van der Waals surface area contributed by atoms with Crippen molar-refractivity contribution in [2.75, 3.05) is 27.2 Å². The summed E-state index contributed by atoms with van der Waals surface area (Å²) >= 11 is -0.750. The molecule has 0 saturated carbocycles. The van der Waals surface area contributed by atoms with Crippen LogP contribution in [0.15, 0.2) is 25.3 Å². The van der Waals surface area contributed by atoms with Gasteiger partial charge in [-0.15, -0.1) is 12.4 Å². The van der Waals surface area contributed by atoms with Crippen molar-refractivity contribution in [2.24, 2.45) is 0 Å². The highest BCUT2D eigenvalue weighted by Gasteiger charge is 2.07. The summed E-state index contributed by atoms with van der Waals surface area (Å²) in [6.45, 7) is 9.37. The molecule has 5 heteroatoms. The van der Waals surface area contributed by atoms with Crippen LogP contribution >= 0.6 is 12.4 Å². The molecule has 0 aromatic heterocycles. The number of likely N-dealkylation sites (N-methyl/N-ethyl adjacent to an activating group) is 1. The van der Waals surface area contributed by atoms with Crippen LogP contribution in [0.5, 0.6) is 0 Å². The summed E-state index contributed by atoms with van der Waals surface area (Å²) in [6, 6.07) is 0. The molecular formula is C8H17ClNO2S+. The zero-order chi connectivity index (χ0) is 10.0. The fraction of sp³-hybridized carbons (Fsp3) is 0.500. The van der Waals surface area contributed by atoms with Crippen LogP contribution in [-0.2, 0) is 11.6 Å². The van der Waals surface area contributed by atoms with Gasteiger partial charge in [0.25, 0.3) is 0 Å². The lowest BCUT2D eigenvalue weighted by Gasteiger charge is -2.26. The average molecular weight is 227 g/mol. The zero-order valence-electron chi connectivity index (χ0n) is 8.06. The minimum Gasteiger partial charge on any atom is -0.322 e. The van der Waals surface area contributed by atoms with Gasteiger partial charge in [0.2, 0.25) is 0 Å². The molecule has 0 saturated heterocycles. The van der Waals surface area contributed by atoms with Gasteiger partial charge >= 0.3 is 11.6 Å². The van der Waals surface area contributed by atoms with Crippen LogP contribution in [0.3, 0.4) is 0 Å². The molecular weight excluding hydrogens is 210 g/mol. The van der Waals surface area contributed by atoms with E-state index in [1.54, 1.807) is 0 Å². The fourth-order valence-electron chi connectivity index (χ4n) is 0.774. The maximum absolute atomic E-state index is 8.29. The minimum absolute atomic E-state index is 0. The quantitative estimate of drug-likeness (QED) is 0.533. The normalized spacial score (nSPS) is 8.46. The van der Waals surface area contributed by atoms with Gasteiger partial charge in [-0.25, -0.2) is 0 Å². The molecule has 3 nitrogen and oxygen atoms in total. The van der Waals surface area contributed by atoms with Crippen LogP contribution in [0.1, 0.15) is 0 Å². The Morgan fingerprint density at radius 3 is 1.54 bits per heavy atom. The molecule has 0 aromatic carbocycles. The van der Waals surface area contributed by atoms with Gasteiger partial charge in [-0.05, 0) is 12.2 Å². The Hall–Kier alpha value is -0.450. The molecule has 0 aliphatic carbocycles. The van der Waals surface area contributed by atoms with Gasteiger partial charge in [0.05, 0.1) is 27.2 Å². The van der Waals surface area contributed by atoms with Crippen molar-refractivity contribution in [3.63, 3.8) is 0 Å². The first-order valence-corrected chi connectivity index (χ1v) is 4.16. The van der Waals surface area contributed by atoms with E-state index in [4.69, 9.17) is 8.42 Å². The maximum Gasteiger partial charge on any atom is 0.335 e. The van der Waals surface area contributed by atoms with E-state index in [0.29, 0.717) is 0 Å². The molecule has 0 atom stereocenters. The molecule has 0 radical (unpaired) electrons. The maximum atomic E-state index is 8.29. The minimum atomic E-state index is -0.750. The SMILES string of the molecule is C=CC[N+](C)(C)CC=C.Cl.O=S=O. The molecule has 0 aliphatic rings. The van der Waals surface area contributed by atoms with E-state index in [1.165, 1.54) is 0 Å². The van der Waals surface area contributed by atoms with Crippen LogP contribution in [0.4, 0.5) is 0 Å². The number of nitrogens with zero attached hydrogens (tertiary/aromatic N) is 1. The van der Waals surface area contributed by atoms with Gasteiger partial charge in [-0.3, -0.25) is 0 Å². The molecule has 0 N–H and O–H groups in total. The van der Waals surface area contributed by atoms with Gasteiger partial charge in [0.1, 0.15) is 0 Å². The lowest BCUT2D eigenvalue weighted by Crippen LogP contribution is -2.39. The van der Waals surface area contributed by atoms with Gasteiger partial charge in [-0.1, -0.05) is 13.2 Å². The molecule has 0 aliphatic heterocycles. The Kier molecular flexibility index (Phi) is 16.3. The summed E-state index contributed by atoms with van der Waals surface area (Å²) in [5.74, 6) is 0. The summed E-state index contributed by atoms with van der Waals surface area (Å²) < 4.78 is 17.5. The lowest BCUT2D eigenvalue weighted by molar-refractivity contribution is -0.878. The van der Waals surface area contributed by atoms with Crippen LogP contribution in [0.2, 0.25) is 0 Å². The molecule has 0 unspecified atom stereocenters. The number of quaternary nitrogens is 1. The van der Waals surface area contributed by atoms with E-state index in [2.05, 4.69) is 27.3 Å². The van der Waals surface area contributed by atoms with Crippen LogP contribution in [-0.4, -0.2) is 40.1 Å². The Labute approximate surface area is 89.7 Å². The van der Waals surface area contributed by atoms with Crippen LogP contribution < -0.4 is 0 Å². The van der Waals surface area contributed by atoms with Gasteiger partial charge in [0, 0.05) is 0 Å². The average Bonchev–Trinajstić information content (AvgIpc) is 1.88. The van der Waals surface area contributed by atoms with E-state index in [0.717, 1.165) is 17.6 Å². The first kappa shape index (κ1) is 18.4. The van der Waals surface area contributed by atoms with Crippen molar-refractivity contribution >= 4 is 24.0 Å². The first-order valence-electron chi connectivity index (χ1n) is 3.49. The third kappa shape index (κ3) is 18.5. The summed E-state index contributed by atoms with van der Waals surface area (Å²) in [7, 11) is 4.31. The number of hydrogen-bond acceptors (Lipinski definition) is 2. The van der Waals surface area contributed by atoms with Crippen molar-refractivity contribution < 1.29 is 12.9 Å². The summed E-state index contributed by atoms with van der Waals surface area (Å²) in [5.41, 5.74) is 0. The molecule has 0 aromatic rings. The van der Waals surface area contributed by atoms with E-state index >= 15 is 0 Å².